The van der Waals surface area contributed by atoms with Crippen LogP contribution < -0.4 is 0 Å². The number of hydrogen-bond acceptors (Lipinski definition) is 5. The Labute approximate surface area is 117 Å². The van der Waals surface area contributed by atoms with Crippen molar-refractivity contribution >= 4 is 22.8 Å². The highest BCUT2D eigenvalue weighted by Crippen LogP contribution is 2.26. The first kappa shape index (κ1) is 13.8. The van der Waals surface area contributed by atoms with Gasteiger partial charge in [-0.1, -0.05) is 6.07 Å². The number of carbonyl (C=O) groups excluding carboxylic acids is 1. The summed E-state index contributed by atoms with van der Waals surface area (Å²) in [6.07, 6.45) is 0. The van der Waals surface area contributed by atoms with Gasteiger partial charge >= 0.3 is 0 Å². The molecule has 0 aliphatic heterocycles. The zero-order valence-corrected chi connectivity index (χ0v) is 10.8. The number of nitro groups is 1. The van der Waals surface area contributed by atoms with E-state index in [0.29, 0.717) is 4.88 Å². The van der Waals surface area contributed by atoms with Crippen LogP contribution in [0.15, 0.2) is 35.7 Å². The molecule has 0 aliphatic carbocycles. The Kier molecular flexibility index (Phi) is 3.86. The SMILES string of the molecule is N#CC(C(=O)c1cc(F)cc([N+](=O)[O-])c1)c1cccs1. The molecular formula is C13H7FN2O3S. The summed E-state index contributed by atoms with van der Waals surface area (Å²) in [4.78, 5) is 22.6. The van der Waals surface area contributed by atoms with Gasteiger partial charge in [-0.15, -0.1) is 11.3 Å². The number of carbonyl (C=O) groups is 1. The standard InChI is InChI=1S/C13H7FN2O3S/c14-9-4-8(5-10(6-9)16(18)19)13(17)11(7-15)12-2-1-3-20-12/h1-6,11H. The van der Waals surface area contributed by atoms with E-state index < -0.39 is 28.1 Å². The maximum atomic E-state index is 13.3. The number of thiophene rings is 1. The van der Waals surface area contributed by atoms with Crippen molar-refractivity contribution in [2.75, 3.05) is 0 Å². The second-order valence-corrected chi connectivity index (χ2v) is 4.88. The second kappa shape index (κ2) is 5.59. The van der Waals surface area contributed by atoms with Gasteiger partial charge in [-0.25, -0.2) is 4.39 Å². The van der Waals surface area contributed by atoms with Crippen LogP contribution in [0.1, 0.15) is 21.2 Å². The summed E-state index contributed by atoms with van der Waals surface area (Å²) in [5.74, 6) is -2.63. The third kappa shape index (κ3) is 2.70. The van der Waals surface area contributed by atoms with Gasteiger partial charge in [0.15, 0.2) is 5.78 Å². The minimum Gasteiger partial charge on any atom is -0.292 e. The van der Waals surface area contributed by atoms with E-state index in [4.69, 9.17) is 5.26 Å². The van der Waals surface area contributed by atoms with Crippen LogP contribution >= 0.6 is 11.3 Å². The summed E-state index contributed by atoms with van der Waals surface area (Å²) in [6, 6.07) is 7.74. The van der Waals surface area contributed by atoms with Crippen molar-refractivity contribution in [3.05, 3.63) is 62.1 Å². The smallest absolute Gasteiger partial charge is 0.273 e. The predicted molar refractivity (Wildman–Crippen MR) is 70.1 cm³/mol. The van der Waals surface area contributed by atoms with E-state index in [1.54, 1.807) is 17.5 Å². The van der Waals surface area contributed by atoms with Crippen molar-refractivity contribution in [2.24, 2.45) is 0 Å². The van der Waals surface area contributed by atoms with E-state index in [2.05, 4.69) is 0 Å². The number of benzene rings is 1. The van der Waals surface area contributed by atoms with Gasteiger partial charge in [0.2, 0.25) is 0 Å². The Morgan fingerprint density at radius 2 is 2.20 bits per heavy atom. The lowest BCUT2D eigenvalue weighted by Gasteiger charge is -2.06. The lowest BCUT2D eigenvalue weighted by atomic mass is 9.97. The van der Waals surface area contributed by atoms with E-state index in [9.17, 15) is 19.3 Å². The molecule has 0 radical (unpaired) electrons. The Balaban J connectivity index is 2.43. The number of nitro benzene ring substituents is 1. The van der Waals surface area contributed by atoms with Crippen LogP contribution in [0, 0.1) is 27.3 Å². The molecule has 1 atom stereocenters. The van der Waals surface area contributed by atoms with E-state index in [0.717, 1.165) is 18.2 Å². The van der Waals surface area contributed by atoms with Gasteiger partial charge in [0.1, 0.15) is 11.7 Å². The zero-order chi connectivity index (χ0) is 14.7. The molecule has 0 fully saturated rings. The molecule has 0 saturated carbocycles. The highest BCUT2D eigenvalue weighted by molar-refractivity contribution is 7.10. The highest BCUT2D eigenvalue weighted by atomic mass is 32.1. The first-order chi connectivity index (χ1) is 9.52. The largest absolute Gasteiger partial charge is 0.292 e. The number of ketones is 1. The fourth-order valence-electron chi connectivity index (χ4n) is 1.70. The molecule has 5 nitrogen and oxygen atoms in total. The number of nitrogens with zero attached hydrogens (tertiary/aromatic N) is 2. The summed E-state index contributed by atoms with van der Waals surface area (Å²) < 4.78 is 13.3. The third-order valence-electron chi connectivity index (χ3n) is 2.60. The number of halogens is 1. The van der Waals surface area contributed by atoms with Crippen LogP contribution in [0.25, 0.3) is 0 Å². The van der Waals surface area contributed by atoms with Gasteiger partial charge < -0.3 is 0 Å². The van der Waals surface area contributed by atoms with E-state index in [-0.39, 0.29) is 5.56 Å². The molecular weight excluding hydrogens is 283 g/mol. The lowest BCUT2D eigenvalue weighted by Crippen LogP contribution is -2.10. The van der Waals surface area contributed by atoms with Gasteiger partial charge in [-0.2, -0.15) is 5.26 Å². The molecule has 0 saturated heterocycles. The van der Waals surface area contributed by atoms with Crippen LogP contribution in [-0.4, -0.2) is 10.7 Å². The van der Waals surface area contributed by atoms with Crippen molar-refractivity contribution in [3.63, 3.8) is 0 Å². The van der Waals surface area contributed by atoms with Gasteiger partial charge in [-0.05, 0) is 17.5 Å². The first-order valence-corrected chi connectivity index (χ1v) is 6.33. The Hall–Kier alpha value is -2.59. The number of hydrogen-bond donors (Lipinski definition) is 0. The predicted octanol–water partition coefficient (Wildman–Crippen LogP) is 3.29. The Morgan fingerprint density at radius 1 is 1.45 bits per heavy atom. The number of Topliss-reactive ketones (excluding diaryl/α,β-unsaturated/α-hetero) is 1. The second-order valence-electron chi connectivity index (χ2n) is 3.90. The Morgan fingerprint density at radius 3 is 2.75 bits per heavy atom. The average molecular weight is 290 g/mol. The quantitative estimate of drug-likeness (QED) is 0.491. The van der Waals surface area contributed by atoms with Crippen molar-refractivity contribution in [1.82, 2.24) is 0 Å². The van der Waals surface area contributed by atoms with Crippen LogP contribution in [0.2, 0.25) is 0 Å². The van der Waals surface area contributed by atoms with Crippen molar-refractivity contribution < 1.29 is 14.1 Å². The molecule has 2 rings (SSSR count). The van der Waals surface area contributed by atoms with E-state index >= 15 is 0 Å². The minimum atomic E-state index is -1.09. The van der Waals surface area contributed by atoms with Crippen LogP contribution in [0.4, 0.5) is 10.1 Å². The first-order valence-electron chi connectivity index (χ1n) is 5.45. The van der Waals surface area contributed by atoms with Gasteiger partial charge in [-0.3, -0.25) is 14.9 Å². The van der Waals surface area contributed by atoms with E-state index in [1.807, 2.05) is 6.07 Å². The summed E-state index contributed by atoms with van der Waals surface area (Å²) in [5.41, 5.74) is -0.701. The van der Waals surface area contributed by atoms with Crippen LogP contribution in [-0.2, 0) is 0 Å². The molecule has 100 valence electrons. The summed E-state index contributed by atoms with van der Waals surface area (Å²) >= 11 is 1.22. The normalized spacial score (nSPS) is 11.6. The fraction of sp³-hybridized carbons (Fsp3) is 0.0769. The van der Waals surface area contributed by atoms with Crippen molar-refractivity contribution in [2.45, 2.75) is 5.92 Å². The molecule has 0 N–H and O–H groups in total. The minimum absolute atomic E-state index is 0.184. The Bertz CT molecular complexity index is 707. The molecule has 0 amide bonds. The average Bonchev–Trinajstić information content (AvgIpc) is 2.92. The van der Waals surface area contributed by atoms with E-state index in [1.165, 1.54) is 11.3 Å². The summed E-state index contributed by atoms with van der Waals surface area (Å²) in [5, 5.41) is 21.5. The van der Waals surface area contributed by atoms with Crippen LogP contribution in [0.3, 0.4) is 0 Å². The molecule has 20 heavy (non-hydrogen) atoms. The van der Waals surface area contributed by atoms with Gasteiger partial charge in [0.05, 0.1) is 17.1 Å². The van der Waals surface area contributed by atoms with Gasteiger partial charge in [0.25, 0.3) is 5.69 Å². The zero-order valence-electron chi connectivity index (χ0n) is 9.95. The highest BCUT2D eigenvalue weighted by Gasteiger charge is 2.25. The van der Waals surface area contributed by atoms with Crippen LogP contribution in [0.5, 0.6) is 0 Å². The molecule has 0 aliphatic rings. The number of nitriles is 1. The maximum absolute atomic E-state index is 13.3. The lowest BCUT2D eigenvalue weighted by molar-refractivity contribution is -0.385. The molecule has 1 aromatic carbocycles. The molecule has 1 heterocycles. The monoisotopic (exact) mass is 290 g/mol. The maximum Gasteiger partial charge on any atom is 0.273 e. The summed E-state index contributed by atoms with van der Waals surface area (Å²) in [6.45, 7) is 0. The molecule has 7 heteroatoms. The summed E-state index contributed by atoms with van der Waals surface area (Å²) in [7, 11) is 0. The van der Waals surface area contributed by atoms with Crippen molar-refractivity contribution in [1.29, 1.82) is 5.26 Å². The molecule has 0 bridgehead atoms. The third-order valence-corrected chi connectivity index (χ3v) is 3.53. The molecule has 1 aromatic heterocycles. The molecule has 2 aromatic rings. The molecule has 1 unspecified atom stereocenters. The number of rotatable bonds is 4. The number of non-ortho nitro benzene ring substituents is 1. The fourth-order valence-corrected chi connectivity index (χ4v) is 2.46. The van der Waals surface area contributed by atoms with Crippen molar-refractivity contribution in [3.8, 4) is 6.07 Å². The van der Waals surface area contributed by atoms with Gasteiger partial charge in [0, 0.05) is 16.5 Å². The molecule has 0 spiro atoms. The topological polar surface area (TPSA) is 84.0 Å².